The van der Waals surface area contributed by atoms with Crippen LogP contribution in [0.5, 0.6) is 0 Å². The second-order valence-electron chi connectivity index (χ2n) is 8.00. The summed E-state index contributed by atoms with van der Waals surface area (Å²) in [6, 6.07) is 0. The predicted octanol–water partition coefficient (Wildman–Crippen LogP) is 3.87. The van der Waals surface area contributed by atoms with Gasteiger partial charge >= 0.3 is 5.97 Å². The summed E-state index contributed by atoms with van der Waals surface area (Å²) in [4.78, 5) is 22.7. The van der Waals surface area contributed by atoms with E-state index in [2.05, 4.69) is 6.92 Å². The molecule has 1 saturated carbocycles. The molecule has 26 heavy (non-hydrogen) atoms. The number of aliphatic hydroxyl groups excluding tert-OH is 1. The maximum atomic E-state index is 12.2. The Bertz CT molecular complexity index is 469. The first-order valence-electron chi connectivity index (χ1n) is 10.1. The van der Waals surface area contributed by atoms with E-state index in [-0.39, 0.29) is 30.5 Å². The van der Waals surface area contributed by atoms with Crippen molar-refractivity contribution < 1.29 is 24.9 Å². The molecule has 0 aromatic carbocycles. The molecule has 150 valence electrons. The third kappa shape index (κ3) is 8.45. The van der Waals surface area contributed by atoms with Gasteiger partial charge in [-0.05, 0) is 32.6 Å². The summed E-state index contributed by atoms with van der Waals surface area (Å²) in [5.74, 6) is -0.959. The first-order chi connectivity index (χ1) is 12.3. The molecule has 0 aromatic rings. The molecule has 0 radical (unpaired) electrons. The lowest BCUT2D eigenvalue weighted by molar-refractivity contribution is -0.137. The van der Waals surface area contributed by atoms with Crippen molar-refractivity contribution >= 4 is 11.8 Å². The number of aliphatic hydroxyl groups is 2. The van der Waals surface area contributed by atoms with Gasteiger partial charge in [0.2, 0.25) is 0 Å². The van der Waals surface area contributed by atoms with E-state index in [9.17, 15) is 19.8 Å². The second kappa shape index (κ2) is 11.5. The molecule has 0 heterocycles. The zero-order chi connectivity index (χ0) is 19.6. The molecule has 0 amide bonds. The molecule has 0 spiro atoms. The minimum absolute atomic E-state index is 0.121. The lowest BCUT2D eigenvalue weighted by Gasteiger charge is -2.22. The maximum absolute atomic E-state index is 12.2. The molecule has 1 fully saturated rings. The van der Waals surface area contributed by atoms with E-state index in [4.69, 9.17) is 5.11 Å². The molecule has 3 N–H and O–H groups in total. The van der Waals surface area contributed by atoms with E-state index in [0.29, 0.717) is 12.8 Å². The Morgan fingerprint density at radius 2 is 1.92 bits per heavy atom. The fourth-order valence-electron chi connectivity index (χ4n) is 3.72. The van der Waals surface area contributed by atoms with Crippen LogP contribution in [0.2, 0.25) is 0 Å². The van der Waals surface area contributed by atoms with Gasteiger partial charge in [-0.1, -0.05) is 51.2 Å². The Labute approximate surface area is 157 Å². The summed E-state index contributed by atoms with van der Waals surface area (Å²) in [6.45, 7) is 3.93. The fraction of sp³-hybridized carbons (Fsp3) is 0.810. The normalized spacial score (nSPS) is 25.7. The molecule has 3 unspecified atom stereocenters. The Kier molecular flexibility index (Phi) is 10.1. The van der Waals surface area contributed by atoms with Gasteiger partial charge in [-0.2, -0.15) is 0 Å². The van der Waals surface area contributed by atoms with E-state index in [1.165, 1.54) is 0 Å². The number of aliphatic carboxylic acids is 1. The Morgan fingerprint density at radius 1 is 1.23 bits per heavy atom. The van der Waals surface area contributed by atoms with E-state index < -0.39 is 17.7 Å². The number of carbonyl (C=O) groups is 2. The third-order valence-electron chi connectivity index (χ3n) is 5.37. The van der Waals surface area contributed by atoms with Gasteiger partial charge in [0.25, 0.3) is 0 Å². The number of Topliss-reactive ketones (excluding diaryl/α,β-unsaturated/α-hetero) is 1. The fourth-order valence-corrected chi connectivity index (χ4v) is 3.72. The summed E-state index contributed by atoms with van der Waals surface area (Å²) >= 11 is 0. The lowest BCUT2D eigenvalue weighted by atomic mass is 9.87. The van der Waals surface area contributed by atoms with Gasteiger partial charge in [-0.25, -0.2) is 0 Å². The molecule has 5 heteroatoms. The van der Waals surface area contributed by atoms with E-state index in [1.54, 1.807) is 0 Å². The van der Waals surface area contributed by atoms with Crippen LogP contribution in [0.4, 0.5) is 0 Å². The molecule has 0 saturated heterocycles. The smallest absolute Gasteiger partial charge is 0.303 e. The number of hydrogen-bond donors (Lipinski definition) is 3. The summed E-state index contributed by atoms with van der Waals surface area (Å²) in [7, 11) is 0. The van der Waals surface area contributed by atoms with Crippen LogP contribution >= 0.6 is 0 Å². The predicted molar refractivity (Wildman–Crippen MR) is 102 cm³/mol. The average Bonchev–Trinajstić information content (AvgIpc) is 2.82. The Balaban J connectivity index is 2.44. The standard InChI is InChI=1S/C21H36O5/c1-3-4-13-21(2,26)14-9-11-17-16(18(22)15-19(17)23)10-7-5-6-8-12-20(24)25/h9,11,16-17,19,23,26H,3-8,10,12-15H2,1-2H3,(H,24,25)/b11-9+/t16?,17-,19?,21?/m1/s1. The summed E-state index contributed by atoms with van der Waals surface area (Å²) < 4.78 is 0. The van der Waals surface area contributed by atoms with Gasteiger partial charge in [-0.3, -0.25) is 9.59 Å². The summed E-state index contributed by atoms with van der Waals surface area (Å²) in [5.41, 5.74) is -0.736. The Morgan fingerprint density at radius 3 is 2.58 bits per heavy atom. The average molecular weight is 369 g/mol. The summed E-state index contributed by atoms with van der Waals surface area (Å²) in [5, 5.41) is 29.2. The number of carboxylic acid groups (broad SMARTS) is 1. The van der Waals surface area contributed by atoms with Crippen LogP contribution < -0.4 is 0 Å². The number of unbranched alkanes of at least 4 members (excludes halogenated alkanes) is 4. The molecule has 0 aliphatic heterocycles. The van der Waals surface area contributed by atoms with Crippen LogP contribution in [0.1, 0.15) is 84.5 Å². The molecule has 0 bridgehead atoms. The molecule has 5 nitrogen and oxygen atoms in total. The number of rotatable bonds is 13. The van der Waals surface area contributed by atoms with Gasteiger partial charge in [-0.15, -0.1) is 0 Å². The Hall–Kier alpha value is -1.20. The first-order valence-corrected chi connectivity index (χ1v) is 10.1. The van der Waals surface area contributed by atoms with Crippen molar-refractivity contribution in [3.63, 3.8) is 0 Å². The van der Waals surface area contributed by atoms with Gasteiger partial charge in [0.1, 0.15) is 5.78 Å². The minimum Gasteiger partial charge on any atom is -0.481 e. The zero-order valence-corrected chi connectivity index (χ0v) is 16.3. The van der Waals surface area contributed by atoms with Crippen LogP contribution in [0, 0.1) is 11.8 Å². The van der Waals surface area contributed by atoms with E-state index >= 15 is 0 Å². The zero-order valence-electron chi connectivity index (χ0n) is 16.3. The highest BCUT2D eigenvalue weighted by atomic mass is 16.4. The van der Waals surface area contributed by atoms with Crippen molar-refractivity contribution in [2.45, 2.75) is 96.2 Å². The van der Waals surface area contributed by atoms with Crippen molar-refractivity contribution in [1.82, 2.24) is 0 Å². The van der Waals surface area contributed by atoms with Crippen LogP contribution in [-0.4, -0.2) is 38.8 Å². The first kappa shape index (κ1) is 22.8. The van der Waals surface area contributed by atoms with Gasteiger partial charge < -0.3 is 15.3 Å². The molecule has 1 rings (SSSR count). The van der Waals surface area contributed by atoms with Gasteiger partial charge in [0.15, 0.2) is 0 Å². The monoisotopic (exact) mass is 368 g/mol. The third-order valence-corrected chi connectivity index (χ3v) is 5.37. The second-order valence-corrected chi connectivity index (χ2v) is 8.00. The summed E-state index contributed by atoms with van der Waals surface area (Å²) in [6.07, 6.45) is 11.0. The quantitative estimate of drug-likeness (QED) is 0.339. The molecule has 4 atom stereocenters. The van der Waals surface area contributed by atoms with E-state index in [0.717, 1.165) is 44.9 Å². The molecular formula is C21H36O5. The van der Waals surface area contributed by atoms with E-state index in [1.807, 2.05) is 19.1 Å². The largest absolute Gasteiger partial charge is 0.481 e. The number of ketones is 1. The van der Waals surface area contributed by atoms with Crippen molar-refractivity contribution in [3.8, 4) is 0 Å². The lowest BCUT2D eigenvalue weighted by Crippen LogP contribution is -2.23. The van der Waals surface area contributed by atoms with Crippen molar-refractivity contribution in [1.29, 1.82) is 0 Å². The highest BCUT2D eigenvalue weighted by Crippen LogP contribution is 2.34. The van der Waals surface area contributed by atoms with Crippen LogP contribution in [0.3, 0.4) is 0 Å². The van der Waals surface area contributed by atoms with Crippen molar-refractivity contribution in [2.75, 3.05) is 0 Å². The molecular weight excluding hydrogens is 332 g/mol. The number of carbonyl (C=O) groups excluding carboxylic acids is 1. The van der Waals surface area contributed by atoms with Crippen molar-refractivity contribution in [3.05, 3.63) is 12.2 Å². The maximum Gasteiger partial charge on any atom is 0.303 e. The highest BCUT2D eigenvalue weighted by molar-refractivity contribution is 5.84. The van der Waals surface area contributed by atoms with Gasteiger partial charge in [0, 0.05) is 24.7 Å². The van der Waals surface area contributed by atoms with Crippen LogP contribution in [-0.2, 0) is 9.59 Å². The SMILES string of the molecule is CCCCC(C)(O)C/C=C/[C@H]1C(O)CC(=O)C1CCCCCCC(=O)O. The van der Waals surface area contributed by atoms with Crippen LogP contribution in [0.15, 0.2) is 12.2 Å². The molecule has 0 aromatic heterocycles. The molecule has 1 aliphatic carbocycles. The van der Waals surface area contributed by atoms with Crippen LogP contribution in [0.25, 0.3) is 0 Å². The minimum atomic E-state index is -0.765. The molecule has 1 aliphatic rings. The topological polar surface area (TPSA) is 94.8 Å². The van der Waals surface area contributed by atoms with Gasteiger partial charge in [0.05, 0.1) is 11.7 Å². The number of carboxylic acids is 1. The van der Waals surface area contributed by atoms with Crippen molar-refractivity contribution in [2.24, 2.45) is 11.8 Å². The number of hydrogen-bond acceptors (Lipinski definition) is 4. The highest BCUT2D eigenvalue weighted by Gasteiger charge is 2.39.